The Morgan fingerprint density at radius 3 is 2.74 bits per heavy atom. The molecule has 1 aromatic carbocycles. The summed E-state index contributed by atoms with van der Waals surface area (Å²) < 4.78 is 10.6. The molecule has 0 bridgehead atoms. The van der Waals surface area contributed by atoms with Gasteiger partial charge in [0.2, 0.25) is 0 Å². The van der Waals surface area contributed by atoms with Crippen molar-refractivity contribution in [3.63, 3.8) is 0 Å². The van der Waals surface area contributed by atoms with Crippen LogP contribution in [0.3, 0.4) is 0 Å². The minimum Gasteiger partial charge on any atom is -0.497 e. The summed E-state index contributed by atoms with van der Waals surface area (Å²) in [6.45, 7) is 3.49. The Morgan fingerprint density at radius 1 is 1.47 bits per heavy atom. The Balaban J connectivity index is 2.12. The van der Waals surface area contributed by atoms with Gasteiger partial charge in [0, 0.05) is 18.7 Å². The third-order valence-electron chi connectivity index (χ3n) is 3.37. The van der Waals surface area contributed by atoms with E-state index in [9.17, 15) is 4.79 Å². The van der Waals surface area contributed by atoms with E-state index in [-0.39, 0.29) is 18.1 Å². The molecular weight excluding hydrogens is 244 g/mol. The van der Waals surface area contributed by atoms with Crippen LogP contribution in [0.15, 0.2) is 24.3 Å². The van der Waals surface area contributed by atoms with Crippen LogP contribution in [-0.2, 0) is 4.74 Å². The highest BCUT2D eigenvalue weighted by atomic mass is 16.5. The molecule has 0 aromatic heterocycles. The largest absolute Gasteiger partial charge is 0.497 e. The van der Waals surface area contributed by atoms with Gasteiger partial charge in [-0.25, -0.2) is 0 Å². The molecule has 1 heterocycles. The summed E-state index contributed by atoms with van der Waals surface area (Å²) in [5.74, 6) is 0.753. The van der Waals surface area contributed by atoms with Gasteiger partial charge >= 0.3 is 0 Å². The maximum atomic E-state index is 12.5. The number of hydrogen-bond acceptors (Lipinski definition) is 4. The van der Waals surface area contributed by atoms with Crippen molar-refractivity contribution in [3.8, 4) is 5.75 Å². The van der Waals surface area contributed by atoms with Gasteiger partial charge in [-0.05, 0) is 31.2 Å². The monoisotopic (exact) mass is 264 g/mol. The first-order valence-corrected chi connectivity index (χ1v) is 6.42. The predicted molar refractivity (Wildman–Crippen MR) is 72.3 cm³/mol. The molecule has 1 aliphatic rings. The average molecular weight is 264 g/mol. The number of hydrogen-bond donors (Lipinski definition) is 1. The van der Waals surface area contributed by atoms with Gasteiger partial charge in [0.15, 0.2) is 0 Å². The normalized spacial score (nSPS) is 23.2. The van der Waals surface area contributed by atoms with Gasteiger partial charge in [0.25, 0.3) is 5.91 Å². The van der Waals surface area contributed by atoms with Crippen molar-refractivity contribution in [2.45, 2.75) is 19.1 Å². The number of nitrogens with zero attached hydrogens (tertiary/aromatic N) is 1. The van der Waals surface area contributed by atoms with Crippen LogP contribution in [0, 0.1) is 0 Å². The molecule has 1 fully saturated rings. The summed E-state index contributed by atoms with van der Waals surface area (Å²) in [6.07, 6.45) is -0.0709. The zero-order valence-corrected chi connectivity index (χ0v) is 11.3. The molecule has 1 amide bonds. The Morgan fingerprint density at radius 2 is 2.16 bits per heavy atom. The molecule has 1 aliphatic heterocycles. The van der Waals surface area contributed by atoms with Crippen molar-refractivity contribution in [1.82, 2.24) is 4.90 Å². The average Bonchev–Trinajstić information content (AvgIpc) is 2.47. The van der Waals surface area contributed by atoms with E-state index >= 15 is 0 Å². The molecule has 0 radical (unpaired) electrons. The molecule has 1 aromatic rings. The van der Waals surface area contributed by atoms with Gasteiger partial charge < -0.3 is 20.1 Å². The third-order valence-corrected chi connectivity index (χ3v) is 3.37. The lowest BCUT2D eigenvalue weighted by atomic mass is 10.1. The Hall–Kier alpha value is -1.59. The van der Waals surface area contributed by atoms with Crippen LogP contribution in [0.25, 0.3) is 0 Å². The Kier molecular flexibility index (Phi) is 4.39. The van der Waals surface area contributed by atoms with E-state index < -0.39 is 0 Å². The van der Waals surface area contributed by atoms with Crippen LogP contribution in [0.1, 0.15) is 17.3 Å². The van der Waals surface area contributed by atoms with E-state index in [0.29, 0.717) is 25.3 Å². The maximum Gasteiger partial charge on any atom is 0.254 e. The third kappa shape index (κ3) is 3.05. The Labute approximate surface area is 113 Å². The maximum absolute atomic E-state index is 12.5. The Bertz CT molecular complexity index is 433. The summed E-state index contributed by atoms with van der Waals surface area (Å²) in [5.41, 5.74) is 6.27. The number of amides is 1. The topological polar surface area (TPSA) is 64.8 Å². The van der Waals surface area contributed by atoms with Crippen molar-refractivity contribution in [2.24, 2.45) is 5.73 Å². The zero-order valence-electron chi connectivity index (χ0n) is 11.3. The van der Waals surface area contributed by atoms with Gasteiger partial charge in [-0.15, -0.1) is 0 Å². The summed E-state index contributed by atoms with van der Waals surface area (Å²) in [6, 6.07) is 7.21. The van der Waals surface area contributed by atoms with E-state index in [0.717, 1.165) is 5.75 Å². The molecule has 0 saturated carbocycles. The van der Waals surface area contributed by atoms with E-state index in [1.807, 2.05) is 11.8 Å². The lowest BCUT2D eigenvalue weighted by Gasteiger charge is -2.37. The quantitative estimate of drug-likeness (QED) is 0.880. The molecule has 0 aliphatic carbocycles. The van der Waals surface area contributed by atoms with Crippen LogP contribution in [-0.4, -0.2) is 49.8 Å². The second-order valence-corrected chi connectivity index (χ2v) is 4.73. The molecule has 5 heteroatoms. The fraction of sp³-hybridized carbons (Fsp3) is 0.500. The van der Waals surface area contributed by atoms with Gasteiger partial charge in [-0.2, -0.15) is 0 Å². The molecule has 0 spiro atoms. The number of benzene rings is 1. The first-order chi connectivity index (χ1) is 9.15. The van der Waals surface area contributed by atoms with Crippen LogP contribution in [0.2, 0.25) is 0 Å². The highest BCUT2D eigenvalue weighted by Gasteiger charge is 2.29. The molecule has 2 N–H and O–H groups in total. The zero-order chi connectivity index (χ0) is 13.8. The first-order valence-electron chi connectivity index (χ1n) is 6.42. The lowest BCUT2D eigenvalue weighted by Crippen LogP contribution is -2.52. The second-order valence-electron chi connectivity index (χ2n) is 4.73. The van der Waals surface area contributed by atoms with Crippen molar-refractivity contribution in [2.75, 3.05) is 26.8 Å². The highest BCUT2D eigenvalue weighted by Crippen LogP contribution is 2.17. The van der Waals surface area contributed by atoms with Crippen LogP contribution in [0.4, 0.5) is 0 Å². The molecule has 2 unspecified atom stereocenters. The number of nitrogens with two attached hydrogens (primary N) is 1. The van der Waals surface area contributed by atoms with Crippen LogP contribution >= 0.6 is 0 Å². The molecular formula is C14H20N2O3. The summed E-state index contributed by atoms with van der Waals surface area (Å²) in [4.78, 5) is 14.3. The number of rotatable bonds is 3. The SMILES string of the molecule is COc1ccc(C(=O)N2CC(CN)OCC2C)cc1. The van der Waals surface area contributed by atoms with Gasteiger partial charge in [-0.3, -0.25) is 4.79 Å². The molecule has 5 nitrogen and oxygen atoms in total. The fourth-order valence-corrected chi connectivity index (χ4v) is 2.14. The lowest BCUT2D eigenvalue weighted by molar-refractivity contribution is -0.0426. The number of ether oxygens (including phenoxy) is 2. The minimum absolute atomic E-state index is 0.0110. The first kappa shape index (κ1) is 13.8. The van der Waals surface area contributed by atoms with Crippen molar-refractivity contribution >= 4 is 5.91 Å². The number of carbonyl (C=O) groups excluding carboxylic acids is 1. The van der Waals surface area contributed by atoms with E-state index in [2.05, 4.69) is 0 Å². The highest BCUT2D eigenvalue weighted by molar-refractivity contribution is 5.94. The molecule has 2 rings (SSSR count). The molecule has 1 saturated heterocycles. The summed E-state index contributed by atoms with van der Waals surface area (Å²) in [7, 11) is 1.60. The predicted octanol–water partition coefficient (Wildman–Crippen LogP) is 0.883. The summed E-state index contributed by atoms with van der Waals surface area (Å²) >= 11 is 0. The number of morpholine rings is 1. The van der Waals surface area contributed by atoms with Crippen LogP contribution < -0.4 is 10.5 Å². The fourth-order valence-electron chi connectivity index (χ4n) is 2.14. The smallest absolute Gasteiger partial charge is 0.254 e. The van der Waals surface area contributed by atoms with Crippen molar-refractivity contribution in [1.29, 1.82) is 0 Å². The molecule has 104 valence electrons. The van der Waals surface area contributed by atoms with Crippen molar-refractivity contribution < 1.29 is 14.3 Å². The number of carbonyl (C=O) groups is 1. The van der Waals surface area contributed by atoms with E-state index in [1.165, 1.54) is 0 Å². The van der Waals surface area contributed by atoms with E-state index in [1.54, 1.807) is 31.4 Å². The number of methoxy groups -OCH3 is 1. The van der Waals surface area contributed by atoms with Crippen LogP contribution in [0.5, 0.6) is 5.75 Å². The van der Waals surface area contributed by atoms with Gasteiger partial charge in [0.05, 0.1) is 25.9 Å². The summed E-state index contributed by atoms with van der Waals surface area (Å²) in [5, 5.41) is 0. The second kappa shape index (κ2) is 6.04. The van der Waals surface area contributed by atoms with E-state index in [4.69, 9.17) is 15.2 Å². The van der Waals surface area contributed by atoms with Gasteiger partial charge in [0.1, 0.15) is 5.75 Å². The standard InChI is InChI=1S/C14H20N2O3/c1-10-9-19-13(7-15)8-16(10)14(17)11-3-5-12(18-2)6-4-11/h3-6,10,13H,7-9,15H2,1-2H3. The van der Waals surface area contributed by atoms with Gasteiger partial charge in [-0.1, -0.05) is 0 Å². The molecule has 19 heavy (non-hydrogen) atoms. The minimum atomic E-state index is -0.0709. The van der Waals surface area contributed by atoms with Crippen molar-refractivity contribution in [3.05, 3.63) is 29.8 Å². The molecule has 2 atom stereocenters.